The Kier molecular flexibility index (Phi) is 5.25. The van der Waals surface area contributed by atoms with Crippen LogP contribution in [0.2, 0.25) is 0 Å². The van der Waals surface area contributed by atoms with Crippen LogP contribution in [0.25, 0.3) is 0 Å². The van der Waals surface area contributed by atoms with Gasteiger partial charge in [0.1, 0.15) is 0 Å². The molecule has 2 rings (SSSR count). The third-order valence-corrected chi connectivity index (χ3v) is 4.32. The van der Waals surface area contributed by atoms with Crippen LogP contribution >= 0.6 is 15.9 Å². The van der Waals surface area contributed by atoms with E-state index in [1.54, 1.807) is 0 Å². The summed E-state index contributed by atoms with van der Waals surface area (Å²) in [5.74, 6) is 0.590. The lowest BCUT2D eigenvalue weighted by atomic mass is 9.86. The molecule has 1 aromatic rings. The minimum atomic E-state index is -0.0540. The molecule has 2 unspecified atom stereocenters. The van der Waals surface area contributed by atoms with E-state index in [0.29, 0.717) is 18.5 Å². The summed E-state index contributed by atoms with van der Waals surface area (Å²) in [6, 6.07) is 8.26. The minimum absolute atomic E-state index is 0.0540. The molecule has 0 bridgehead atoms. The minimum Gasteiger partial charge on any atom is -0.335 e. The molecule has 0 heterocycles. The van der Waals surface area contributed by atoms with Gasteiger partial charge in [0.25, 0.3) is 0 Å². The molecular weight excluding hydrogens is 304 g/mol. The first kappa shape index (κ1) is 14.4. The van der Waals surface area contributed by atoms with Crippen LogP contribution in [0.5, 0.6) is 0 Å². The second-order valence-electron chi connectivity index (χ2n) is 5.32. The van der Waals surface area contributed by atoms with Crippen LogP contribution in [0.1, 0.15) is 38.2 Å². The van der Waals surface area contributed by atoms with Gasteiger partial charge in [-0.3, -0.25) is 0 Å². The zero-order chi connectivity index (χ0) is 13.7. The summed E-state index contributed by atoms with van der Waals surface area (Å²) in [5.41, 5.74) is 1.11. The highest BCUT2D eigenvalue weighted by Gasteiger charge is 2.22. The normalized spacial score (nSPS) is 22.8. The van der Waals surface area contributed by atoms with Crippen molar-refractivity contribution in [2.75, 3.05) is 0 Å². The van der Waals surface area contributed by atoms with Crippen molar-refractivity contribution in [3.8, 4) is 0 Å². The molecule has 0 aromatic heterocycles. The molecule has 0 aliphatic heterocycles. The van der Waals surface area contributed by atoms with Gasteiger partial charge in [-0.15, -0.1) is 0 Å². The van der Waals surface area contributed by atoms with E-state index in [2.05, 4.69) is 33.5 Å². The zero-order valence-electron chi connectivity index (χ0n) is 11.3. The maximum atomic E-state index is 11.9. The van der Waals surface area contributed by atoms with Gasteiger partial charge >= 0.3 is 6.03 Å². The number of carbonyl (C=O) groups excluding carboxylic acids is 1. The molecule has 1 aliphatic rings. The monoisotopic (exact) mass is 324 g/mol. The Morgan fingerprint density at radius 3 is 2.63 bits per heavy atom. The summed E-state index contributed by atoms with van der Waals surface area (Å²) >= 11 is 3.40. The topological polar surface area (TPSA) is 41.1 Å². The van der Waals surface area contributed by atoms with Gasteiger partial charge in [0.15, 0.2) is 0 Å². The summed E-state index contributed by atoms with van der Waals surface area (Å²) in [4.78, 5) is 11.9. The first-order chi connectivity index (χ1) is 9.15. The van der Waals surface area contributed by atoms with E-state index in [1.807, 2.05) is 24.3 Å². The molecule has 19 heavy (non-hydrogen) atoms. The maximum Gasteiger partial charge on any atom is 0.315 e. The Morgan fingerprint density at radius 1 is 1.26 bits per heavy atom. The summed E-state index contributed by atoms with van der Waals surface area (Å²) in [7, 11) is 0. The summed E-state index contributed by atoms with van der Waals surface area (Å²) in [5, 5.41) is 6.01. The fourth-order valence-corrected chi connectivity index (χ4v) is 2.80. The molecule has 0 saturated heterocycles. The van der Waals surface area contributed by atoms with Gasteiger partial charge in [-0.25, -0.2) is 4.79 Å². The fourth-order valence-electron chi connectivity index (χ4n) is 2.53. The van der Waals surface area contributed by atoms with Gasteiger partial charge in [0, 0.05) is 17.1 Å². The first-order valence-corrected chi connectivity index (χ1v) is 7.73. The second kappa shape index (κ2) is 6.94. The van der Waals surface area contributed by atoms with Crippen molar-refractivity contribution in [1.29, 1.82) is 0 Å². The van der Waals surface area contributed by atoms with Crippen LogP contribution in [-0.2, 0) is 6.54 Å². The van der Waals surface area contributed by atoms with Crippen LogP contribution in [0.4, 0.5) is 4.79 Å². The molecule has 0 spiro atoms. The van der Waals surface area contributed by atoms with Crippen LogP contribution in [-0.4, -0.2) is 12.1 Å². The van der Waals surface area contributed by atoms with Gasteiger partial charge in [0.05, 0.1) is 0 Å². The second-order valence-corrected chi connectivity index (χ2v) is 6.24. The molecule has 3 nitrogen and oxygen atoms in total. The standard InChI is InChI=1S/C15H21BrN2O/c1-11-4-2-3-5-14(11)18-15(19)17-10-12-6-8-13(16)9-7-12/h6-9,11,14H,2-5,10H2,1H3,(H2,17,18,19). The van der Waals surface area contributed by atoms with Gasteiger partial charge in [-0.1, -0.05) is 47.8 Å². The summed E-state index contributed by atoms with van der Waals surface area (Å²) in [6.07, 6.45) is 4.84. The molecule has 2 amide bonds. The van der Waals surface area contributed by atoms with Crippen LogP contribution in [0.15, 0.2) is 28.7 Å². The van der Waals surface area contributed by atoms with Crippen LogP contribution in [0, 0.1) is 5.92 Å². The highest BCUT2D eigenvalue weighted by molar-refractivity contribution is 9.10. The number of hydrogen-bond acceptors (Lipinski definition) is 1. The van der Waals surface area contributed by atoms with E-state index >= 15 is 0 Å². The molecule has 4 heteroatoms. The Balaban J connectivity index is 1.76. The van der Waals surface area contributed by atoms with E-state index in [-0.39, 0.29) is 6.03 Å². The van der Waals surface area contributed by atoms with Crippen molar-refractivity contribution in [3.05, 3.63) is 34.3 Å². The van der Waals surface area contributed by atoms with E-state index in [0.717, 1.165) is 16.5 Å². The predicted octanol–water partition coefficient (Wildman–Crippen LogP) is 3.83. The van der Waals surface area contributed by atoms with Crippen molar-refractivity contribution < 1.29 is 4.79 Å². The quantitative estimate of drug-likeness (QED) is 0.871. The lowest BCUT2D eigenvalue weighted by Crippen LogP contribution is -2.45. The maximum absolute atomic E-state index is 11.9. The Hall–Kier alpha value is -1.03. The molecule has 2 atom stereocenters. The molecule has 1 aromatic carbocycles. The van der Waals surface area contributed by atoms with E-state index in [9.17, 15) is 4.79 Å². The Labute approximate surface area is 123 Å². The summed E-state index contributed by atoms with van der Waals surface area (Å²) in [6.45, 7) is 2.79. The first-order valence-electron chi connectivity index (χ1n) is 6.94. The number of carbonyl (C=O) groups is 1. The van der Waals surface area contributed by atoms with Crippen molar-refractivity contribution in [2.45, 2.75) is 45.2 Å². The highest BCUT2D eigenvalue weighted by atomic mass is 79.9. The molecule has 1 aliphatic carbocycles. The largest absolute Gasteiger partial charge is 0.335 e. The van der Waals surface area contributed by atoms with Crippen molar-refractivity contribution in [2.24, 2.45) is 5.92 Å². The number of rotatable bonds is 3. The molecule has 104 valence electrons. The number of amides is 2. The molecular formula is C15H21BrN2O. The summed E-state index contributed by atoms with van der Waals surface area (Å²) < 4.78 is 1.05. The van der Waals surface area contributed by atoms with Crippen LogP contribution in [0.3, 0.4) is 0 Å². The highest BCUT2D eigenvalue weighted by Crippen LogP contribution is 2.23. The number of nitrogens with one attached hydrogen (secondary N) is 2. The van der Waals surface area contributed by atoms with Gasteiger partial charge in [0.2, 0.25) is 0 Å². The van der Waals surface area contributed by atoms with Crippen molar-refractivity contribution >= 4 is 22.0 Å². The van der Waals surface area contributed by atoms with Gasteiger partial charge in [-0.2, -0.15) is 0 Å². The Morgan fingerprint density at radius 2 is 1.95 bits per heavy atom. The average Bonchev–Trinajstić information content (AvgIpc) is 2.41. The predicted molar refractivity (Wildman–Crippen MR) is 80.9 cm³/mol. The Bertz CT molecular complexity index is 419. The SMILES string of the molecule is CC1CCCCC1NC(=O)NCc1ccc(Br)cc1. The molecule has 0 radical (unpaired) electrons. The van der Waals surface area contributed by atoms with E-state index < -0.39 is 0 Å². The van der Waals surface area contributed by atoms with E-state index in [1.165, 1.54) is 19.3 Å². The number of hydrogen-bond donors (Lipinski definition) is 2. The average molecular weight is 325 g/mol. The number of halogens is 1. The van der Waals surface area contributed by atoms with Crippen LogP contribution < -0.4 is 10.6 Å². The molecule has 1 fully saturated rings. The number of urea groups is 1. The fraction of sp³-hybridized carbons (Fsp3) is 0.533. The third-order valence-electron chi connectivity index (χ3n) is 3.79. The molecule has 1 saturated carbocycles. The lowest BCUT2D eigenvalue weighted by Gasteiger charge is -2.29. The molecule has 2 N–H and O–H groups in total. The third kappa shape index (κ3) is 4.53. The van der Waals surface area contributed by atoms with Crippen molar-refractivity contribution in [3.63, 3.8) is 0 Å². The van der Waals surface area contributed by atoms with Crippen molar-refractivity contribution in [1.82, 2.24) is 10.6 Å². The zero-order valence-corrected chi connectivity index (χ0v) is 12.9. The van der Waals surface area contributed by atoms with Gasteiger partial charge < -0.3 is 10.6 Å². The lowest BCUT2D eigenvalue weighted by molar-refractivity contribution is 0.221. The smallest absolute Gasteiger partial charge is 0.315 e. The van der Waals surface area contributed by atoms with E-state index in [4.69, 9.17) is 0 Å². The number of benzene rings is 1. The van der Waals surface area contributed by atoms with Gasteiger partial charge in [-0.05, 0) is 36.5 Å².